The molecule has 8 heteroatoms. The van der Waals surface area contributed by atoms with Crippen LogP contribution in [0.3, 0.4) is 0 Å². The number of aromatic nitrogens is 4. The minimum Gasteiger partial charge on any atom is -0.327 e. The van der Waals surface area contributed by atoms with Crippen molar-refractivity contribution in [1.29, 1.82) is 0 Å². The number of hydrogen-bond donors (Lipinski definition) is 1. The van der Waals surface area contributed by atoms with E-state index in [0.717, 1.165) is 5.56 Å². The molecule has 0 saturated carbocycles. The van der Waals surface area contributed by atoms with Crippen LogP contribution in [0.1, 0.15) is 26.3 Å². The van der Waals surface area contributed by atoms with Crippen molar-refractivity contribution in [1.82, 2.24) is 24.2 Å². The Balaban J connectivity index is 1.66. The Morgan fingerprint density at radius 3 is 2.30 bits per heavy atom. The number of sulfonamides is 1. The zero-order valence-corrected chi connectivity index (χ0v) is 16.4. The summed E-state index contributed by atoms with van der Waals surface area (Å²) < 4.78 is 29.5. The van der Waals surface area contributed by atoms with Crippen LogP contribution in [-0.2, 0) is 22.0 Å². The maximum Gasteiger partial charge on any atom is 0.240 e. The average Bonchev–Trinajstić information content (AvgIpc) is 3.10. The van der Waals surface area contributed by atoms with Gasteiger partial charge in [-0.2, -0.15) is 0 Å². The fraction of sp³-hybridized carbons (Fsp3) is 0.316. The van der Waals surface area contributed by atoms with Crippen LogP contribution >= 0.6 is 0 Å². The minimum absolute atomic E-state index is 0.0208. The van der Waals surface area contributed by atoms with Crippen molar-refractivity contribution >= 4 is 10.0 Å². The molecule has 0 fully saturated rings. The molecule has 0 unspecified atom stereocenters. The van der Waals surface area contributed by atoms with Crippen LogP contribution in [0, 0.1) is 0 Å². The number of imidazole rings is 1. The van der Waals surface area contributed by atoms with Gasteiger partial charge in [0, 0.05) is 37.9 Å². The largest absolute Gasteiger partial charge is 0.327 e. The molecule has 142 valence electrons. The van der Waals surface area contributed by atoms with Gasteiger partial charge in [-0.15, -0.1) is 0 Å². The lowest BCUT2D eigenvalue weighted by Gasteiger charge is -2.19. The molecule has 0 aliphatic heterocycles. The summed E-state index contributed by atoms with van der Waals surface area (Å²) in [4.78, 5) is 12.9. The van der Waals surface area contributed by atoms with Crippen LogP contribution in [-0.4, -0.2) is 34.5 Å². The Labute approximate surface area is 159 Å². The normalized spacial score (nSPS) is 12.3. The minimum atomic E-state index is -3.57. The molecule has 2 heterocycles. The standard InChI is InChI=1S/C19H23N5O2S/c1-19(2,3)15-5-7-16(8-6-15)27(25,26)23-12-14-24-13-11-22-18(24)17-20-9-4-10-21-17/h4-11,13,23H,12,14H2,1-3H3. The molecule has 2 aromatic heterocycles. The van der Waals surface area contributed by atoms with Gasteiger partial charge in [-0.05, 0) is 29.2 Å². The number of nitrogens with zero attached hydrogens (tertiary/aromatic N) is 4. The van der Waals surface area contributed by atoms with Crippen molar-refractivity contribution in [3.8, 4) is 11.6 Å². The fourth-order valence-electron chi connectivity index (χ4n) is 2.63. The summed E-state index contributed by atoms with van der Waals surface area (Å²) in [6, 6.07) is 8.73. The van der Waals surface area contributed by atoms with E-state index in [1.54, 1.807) is 43.0 Å². The van der Waals surface area contributed by atoms with E-state index in [0.29, 0.717) is 18.2 Å². The first-order valence-corrected chi connectivity index (χ1v) is 10.1. The Morgan fingerprint density at radius 2 is 1.67 bits per heavy atom. The molecule has 0 aliphatic rings. The van der Waals surface area contributed by atoms with E-state index in [4.69, 9.17) is 0 Å². The van der Waals surface area contributed by atoms with Crippen LogP contribution in [0.5, 0.6) is 0 Å². The first-order chi connectivity index (χ1) is 12.8. The number of nitrogens with one attached hydrogen (secondary N) is 1. The predicted octanol–water partition coefficient (Wildman–Crippen LogP) is 2.62. The van der Waals surface area contributed by atoms with Gasteiger partial charge in [0.05, 0.1) is 4.90 Å². The molecular formula is C19H23N5O2S. The van der Waals surface area contributed by atoms with Crippen LogP contribution in [0.15, 0.2) is 60.0 Å². The van der Waals surface area contributed by atoms with Gasteiger partial charge in [0.1, 0.15) is 0 Å². The van der Waals surface area contributed by atoms with Crippen LogP contribution in [0.4, 0.5) is 0 Å². The van der Waals surface area contributed by atoms with Crippen molar-refractivity contribution in [2.24, 2.45) is 0 Å². The van der Waals surface area contributed by atoms with Crippen LogP contribution in [0.2, 0.25) is 0 Å². The van der Waals surface area contributed by atoms with Crippen LogP contribution < -0.4 is 4.72 Å². The summed E-state index contributed by atoms with van der Waals surface area (Å²) in [7, 11) is -3.57. The molecule has 0 saturated heterocycles. The average molecular weight is 385 g/mol. The summed E-state index contributed by atoms with van der Waals surface area (Å²) in [5, 5.41) is 0. The van der Waals surface area contributed by atoms with Crippen LogP contribution in [0.25, 0.3) is 11.6 Å². The quantitative estimate of drug-likeness (QED) is 0.704. The second kappa shape index (κ2) is 7.58. The Hall–Kier alpha value is -2.58. The Morgan fingerprint density at radius 1 is 1.00 bits per heavy atom. The summed E-state index contributed by atoms with van der Waals surface area (Å²) in [6.07, 6.45) is 6.71. The van der Waals surface area contributed by atoms with Gasteiger partial charge in [0.15, 0.2) is 11.6 Å². The zero-order valence-electron chi connectivity index (χ0n) is 15.6. The van der Waals surface area contributed by atoms with Crippen molar-refractivity contribution in [2.75, 3.05) is 6.54 Å². The Kier molecular flexibility index (Phi) is 5.38. The molecule has 7 nitrogen and oxygen atoms in total. The molecule has 0 bridgehead atoms. The van der Waals surface area contributed by atoms with Crippen molar-refractivity contribution < 1.29 is 8.42 Å². The molecule has 3 rings (SSSR count). The van der Waals surface area contributed by atoms with Crippen molar-refractivity contribution in [2.45, 2.75) is 37.6 Å². The predicted molar refractivity (Wildman–Crippen MR) is 104 cm³/mol. The lowest BCUT2D eigenvalue weighted by Crippen LogP contribution is -2.27. The molecule has 0 atom stereocenters. The zero-order chi connectivity index (χ0) is 19.5. The Bertz CT molecular complexity index is 991. The molecule has 3 aromatic rings. The van der Waals surface area contributed by atoms with E-state index in [9.17, 15) is 8.42 Å². The molecule has 0 spiro atoms. The molecule has 1 N–H and O–H groups in total. The first kappa shape index (κ1) is 19.2. The topological polar surface area (TPSA) is 89.8 Å². The third kappa shape index (κ3) is 4.58. The third-order valence-electron chi connectivity index (χ3n) is 4.16. The van der Waals surface area contributed by atoms with Gasteiger partial charge in [-0.1, -0.05) is 32.9 Å². The van der Waals surface area contributed by atoms with Gasteiger partial charge in [-0.25, -0.2) is 28.1 Å². The van der Waals surface area contributed by atoms with Crippen molar-refractivity contribution in [3.05, 3.63) is 60.7 Å². The van der Waals surface area contributed by atoms with Gasteiger partial charge >= 0.3 is 0 Å². The molecular weight excluding hydrogens is 362 g/mol. The molecule has 27 heavy (non-hydrogen) atoms. The molecule has 0 aliphatic carbocycles. The van der Waals surface area contributed by atoms with E-state index >= 15 is 0 Å². The van der Waals surface area contributed by atoms with E-state index < -0.39 is 10.0 Å². The summed E-state index contributed by atoms with van der Waals surface area (Å²) in [6.45, 7) is 6.93. The summed E-state index contributed by atoms with van der Waals surface area (Å²) in [5.74, 6) is 1.10. The van der Waals surface area contributed by atoms with Gasteiger partial charge < -0.3 is 4.57 Å². The lowest BCUT2D eigenvalue weighted by atomic mass is 9.87. The summed E-state index contributed by atoms with van der Waals surface area (Å²) >= 11 is 0. The van der Waals surface area contributed by atoms with E-state index in [-0.39, 0.29) is 16.9 Å². The highest BCUT2D eigenvalue weighted by atomic mass is 32.2. The van der Waals surface area contributed by atoms with E-state index in [1.807, 2.05) is 16.7 Å². The molecule has 0 amide bonds. The second-order valence-corrected chi connectivity index (χ2v) is 8.96. The van der Waals surface area contributed by atoms with Gasteiger partial charge in [0.2, 0.25) is 10.0 Å². The molecule has 0 radical (unpaired) electrons. The van der Waals surface area contributed by atoms with Gasteiger partial charge in [-0.3, -0.25) is 0 Å². The fourth-order valence-corrected chi connectivity index (χ4v) is 3.65. The van der Waals surface area contributed by atoms with E-state index in [2.05, 4.69) is 40.4 Å². The SMILES string of the molecule is CC(C)(C)c1ccc(S(=O)(=O)NCCn2ccnc2-c2ncccn2)cc1. The van der Waals surface area contributed by atoms with E-state index in [1.165, 1.54) is 0 Å². The third-order valence-corrected chi connectivity index (χ3v) is 5.63. The number of benzene rings is 1. The molecule has 1 aromatic carbocycles. The van der Waals surface area contributed by atoms with Crippen molar-refractivity contribution in [3.63, 3.8) is 0 Å². The highest BCUT2D eigenvalue weighted by Gasteiger charge is 2.17. The smallest absolute Gasteiger partial charge is 0.240 e. The highest BCUT2D eigenvalue weighted by molar-refractivity contribution is 7.89. The highest BCUT2D eigenvalue weighted by Crippen LogP contribution is 2.23. The monoisotopic (exact) mass is 385 g/mol. The summed E-state index contributed by atoms with van der Waals surface area (Å²) in [5.41, 5.74) is 1.07. The second-order valence-electron chi connectivity index (χ2n) is 7.19. The first-order valence-electron chi connectivity index (χ1n) is 8.66. The lowest BCUT2D eigenvalue weighted by molar-refractivity contribution is 0.571. The maximum absolute atomic E-state index is 12.5. The van der Waals surface area contributed by atoms with Gasteiger partial charge in [0.25, 0.3) is 0 Å². The number of hydrogen-bond acceptors (Lipinski definition) is 5. The number of rotatable bonds is 6. The maximum atomic E-state index is 12.5.